The summed E-state index contributed by atoms with van der Waals surface area (Å²) >= 11 is 0. The highest BCUT2D eigenvalue weighted by atomic mass is 16.2. The van der Waals surface area contributed by atoms with Crippen molar-refractivity contribution in [2.45, 2.75) is 40.0 Å². The number of amides is 1. The lowest BCUT2D eigenvalue weighted by atomic mass is 10.2. The van der Waals surface area contributed by atoms with Gasteiger partial charge in [-0.3, -0.25) is 10.2 Å². The summed E-state index contributed by atoms with van der Waals surface area (Å²) in [4.78, 5) is 11.5. The molecule has 0 aromatic rings. The van der Waals surface area contributed by atoms with E-state index in [2.05, 4.69) is 18.9 Å². The van der Waals surface area contributed by atoms with Crippen LogP contribution in [0.1, 0.15) is 40.0 Å². The molecule has 0 atom stereocenters. The van der Waals surface area contributed by atoms with Crippen LogP contribution in [0.15, 0.2) is 12.2 Å². The van der Waals surface area contributed by atoms with Gasteiger partial charge in [-0.05, 0) is 12.8 Å². The molecular weight excluding hydrogens is 176 g/mol. The van der Waals surface area contributed by atoms with E-state index in [1.54, 1.807) is 0 Å². The Morgan fingerprint density at radius 1 is 1.29 bits per heavy atom. The number of nitrogens with zero attached hydrogens (tertiary/aromatic N) is 1. The van der Waals surface area contributed by atoms with Crippen molar-refractivity contribution in [3.63, 3.8) is 0 Å². The fourth-order valence-electron chi connectivity index (χ4n) is 1.20. The first kappa shape index (κ1) is 13.2. The number of hydrogen-bond donors (Lipinski definition) is 1. The Kier molecular flexibility index (Phi) is 7.11. The lowest BCUT2D eigenvalue weighted by Crippen LogP contribution is -2.42. The highest BCUT2D eigenvalue weighted by molar-refractivity contribution is 5.92. The molecule has 1 N–H and O–H groups in total. The van der Waals surface area contributed by atoms with E-state index in [0.29, 0.717) is 5.57 Å². The molecule has 0 fully saturated rings. The lowest BCUT2D eigenvalue weighted by molar-refractivity contribution is -0.122. The van der Waals surface area contributed by atoms with E-state index in [0.717, 1.165) is 32.4 Å². The van der Waals surface area contributed by atoms with Gasteiger partial charge in [-0.25, -0.2) is 5.01 Å². The Bertz CT molecular complexity index is 190. The van der Waals surface area contributed by atoms with Gasteiger partial charge in [0.05, 0.1) is 0 Å². The maximum absolute atomic E-state index is 11.5. The third-order valence-corrected chi connectivity index (χ3v) is 2.01. The van der Waals surface area contributed by atoms with E-state index in [4.69, 9.17) is 0 Å². The van der Waals surface area contributed by atoms with Gasteiger partial charge in [-0.2, -0.15) is 0 Å². The molecule has 0 bridgehead atoms. The molecular formula is C11H22N2O. The summed E-state index contributed by atoms with van der Waals surface area (Å²) in [6.45, 7) is 11.6. The number of hydrogen-bond acceptors (Lipinski definition) is 2. The van der Waals surface area contributed by atoms with Gasteiger partial charge in [-0.15, -0.1) is 0 Å². The first-order valence-electron chi connectivity index (χ1n) is 5.39. The molecule has 0 rings (SSSR count). The van der Waals surface area contributed by atoms with Crippen molar-refractivity contribution in [2.24, 2.45) is 0 Å². The molecule has 82 valence electrons. The predicted octanol–water partition coefficient (Wildman–Crippen LogP) is 2.11. The molecule has 0 unspecified atom stereocenters. The van der Waals surface area contributed by atoms with E-state index in [-0.39, 0.29) is 5.91 Å². The zero-order chi connectivity index (χ0) is 11.0. The molecule has 0 saturated heterocycles. The molecule has 0 spiro atoms. The standard InChI is InChI=1S/C11H22N2O/c1-5-8-10(4)11(14)12-13(7-3)9-6-2/h4-9H2,1-3H3,(H,12,14). The van der Waals surface area contributed by atoms with Crippen molar-refractivity contribution in [3.05, 3.63) is 12.2 Å². The molecule has 0 radical (unpaired) electrons. The van der Waals surface area contributed by atoms with Crippen LogP contribution in [-0.2, 0) is 4.79 Å². The molecule has 0 aliphatic carbocycles. The SMILES string of the molecule is C=C(CCC)C(=O)NN(CC)CCC. The van der Waals surface area contributed by atoms with Crippen molar-refractivity contribution in [2.75, 3.05) is 13.1 Å². The molecule has 0 aromatic carbocycles. The van der Waals surface area contributed by atoms with Crippen LogP contribution in [-0.4, -0.2) is 24.0 Å². The summed E-state index contributed by atoms with van der Waals surface area (Å²) < 4.78 is 0. The molecule has 3 nitrogen and oxygen atoms in total. The normalized spacial score (nSPS) is 10.3. The summed E-state index contributed by atoms with van der Waals surface area (Å²) in [6, 6.07) is 0. The molecule has 1 amide bonds. The van der Waals surface area contributed by atoms with Crippen molar-refractivity contribution in [1.29, 1.82) is 0 Å². The second kappa shape index (κ2) is 7.56. The summed E-state index contributed by atoms with van der Waals surface area (Å²) in [5, 5.41) is 1.92. The Morgan fingerprint density at radius 2 is 1.93 bits per heavy atom. The van der Waals surface area contributed by atoms with Crippen LogP contribution >= 0.6 is 0 Å². The van der Waals surface area contributed by atoms with E-state index in [1.807, 2.05) is 18.9 Å². The first-order chi connectivity index (χ1) is 6.65. The van der Waals surface area contributed by atoms with Crippen LogP contribution in [0, 0.1) is 0 Å². The summed E-state index contributed by atoms with van der Waals surface area (Å²) in [5.74, 6) is -0.0397. The predicted molar refractivity (Wildman–Crippen MR) is 59.7 cm³/mol. The molecule has 3 heteroatoms. The summed E-state index contributed by atoms with van der Waals surface area (Å²) in [5.41, 5.74) is 3.52. The number of rotatable bonds is 7. The molecule has 0 aromatic heterocycles. The number of nitrogens with one attached hydrogen (secondary N) is 1. The maximum Gasteiger partial charge on any atom is 0.260 e. The van der Waals surface area contributed by atoms with Crippen molar-refractivity contribution in [1.82, 2.24) is 10.4 Å². The summed E-state index contributed by atoms with van der Waals surface area (Å²) in [6.07, 6.45) is 2.77. The van der Waals surface area contributed by atoms with E-state index >= 15 is 0 Å². The minimum atomic E-state index is -0.0397. The largest absolute Gasteiger partial charge is 0.285 e. The van der Waals surface area contributed by atoms with Crippen LogP contribution in [0.2, 0.25) is 0 Å². The average molecular weight is 198 g/mol. The van der Waals surface area contributed by atoms with Crippen LogP contribution in [0.4, 0.5) is 0 Å². The van der Waals surface area contributed by atoms with Crippen LogP contribution in [0.25, 0.3) is 0 Å². The van der Waals surface area contributed by atoms with E-state index in [1.165, 1.54) is 0 Å². The van der Waals surface area contributed by atoms with Crippen LogP contribution in [0.3, 0.4) is 0 Å². The zero-order valence-electron chi connectivity index (χ0n) is 9.60. The third kappa shape index (κ3) is 5.02. The first-order valence-corrected chi connectivity index (χ1v) is 5.39. The molecule has 14 heavy (non-hydrogen) atoms. The average Bonchev–Trinajstić information content (AvgIpc) is 2.17. The maximum atomic E-state index is 11.5. The van der Waals surface area contributed by atoms with Gasteiger partial charge in [0.25, 0.3) is 5.91 Å². The lowest BCUT2D eigenvalue weighted by Gasteiger charge is -2.21. The fraction of sp³-hybridized carbons (Fsp3) is 0.727. The van der Waals surface area contributed by atoms with Gasteiger partial charge in [0.2, 0.25) is 0 Å². The van der Waals surface area contributed by atoms with Gasteiger partial charge in [-0.1, -0.05) is 33.8 Å². The second-order valence-electron chi connectivity index (χ2n) is 3.37. The molecule has 0 saturated carbocycles. The summed E-state index contributed by atoms with van der Waals surface area (Å²) in [7, 11) is 0. The fourth-order valence-corrected chi connectivity index (χ4v) is 1.20. The van der Waals surface area contributed by atoms with Gasteiger partial charge < -0.3 is 0 Å². The van der Waals surface area contributed by atoms with Crippen molar-refractivity contribution < 1.29 is 4.79 Å². The Hall–Kier alpha value is -0.830. The minimum absolute atomic E-state index is 0.0397. The second-order valence-corrected chi connectivity index (χ2v) is 3.37. The van der Waals surface area contributed by atoms with Crippen molar-refractivity contribution >= 4 is 5.91 Å². The quantitative estimate of drug-likeness (QED) is 0.502. The Balaban J connectivity index is 3.95. The van der Waals surface area contributed by atoms with Gasteiger partial charge in [0, 0.05) is 18.7 Å². The highest BCUT2D eigenvalue weighted by Crippen LogP contribution is 2.01. The van der Waals surface area contributed by atoms with Crippen LogP contribution < -0.4 is 5.43 Å². The Labute approximate surface area is 87.1 Å². The number of hydrazine groups is 1. The number of carbonyl (C=O) groups excluding carboxylic acids is 1. The van der Waals surface area contributed by atoms with E-state index < -0.39 is 0 Å². The monoisotopic (exact) mass is 198 g/mol. The molecule has 0 aliphatic rings. The smallest absolute Gasteiger partial charge is 0.260 e. The topological polar surface area (TPSA) is 32.3 Å². The third-order valence-electron chi connectivity index (χ3n) is 2.01. The zero-order valence-corrected chi connectivity index (χ0v) is 9.60. The molecule has 0 heterocycles. The number of carbonyl (C=O) groups is 1. The van der Waals surface area contributed by atoms with Gasteiger partial charge >= 0.3 is 0 Å². The van der Waals surface area contributed by atoms with Crippen molar-refractivity contribution in [3.8, 4) is 0 Å². The van der Waals surface area contributed by atoms with Gasteiger partial charge in [0.1, 0.15) is 0 Å². The Morgan fingerprint density at radius 3 is 2.36 bits per heavy atom. The highest BCUT2D eigenvalue weighted by Gasteiger charge is 2.08. The van der Waals surface area contributed by atoms with Crippen LogP contribution in [0.5, 0.6) is 0 Å². The van der Waals surface area contributed by atoms with Gasteiger partial charge in [0.15, 0.2) is 0 Å². The minimum Gasteiger partial charge on any atom is -0.285 e. The molecule has 0 aliphatic heterocycles. The van der Waals surface area contributed by atoms with E-state index in [9.17, 15) is 4.79 Å².